The third-order valence-electron chi connectivity index (χ3n) is 9.21. The van der Waals surface area contributed by atoms with Crippen LogP contribution < -0.4 is 11.3 Å². The van der Waals surface area contributed by atoms with Crippen molar-refractivity contribution in [3.63, 3.8) is 0 Å². The van der Waals surface area contributed by atoms with Crippen molar-refractivity contribution in [2.75, 3.05) is 13.2 Å². The molecular weight excluding hydrogens is 716 g/mol. The molecule has 2 aromatic carbocycles. The van der Waals surface area contributed by atoms with E-state index in [1.807, 2.05) is 0 Å². The molecule has 4 aromatic rings. The zero-order chi connectivity index (χ0) is 37.2. The molecule has 0 unspecified atom stereocenters. The Morgan fingerprint density at radius 3 is 1.35 bits per heavy atom. The average Bonchev–Trinajstić information content (AvgIpc) is 3.10. The van der Waals surface area contributed by atoms with E-state index in [-0.39, 0.29) is 11.2 Å². The van der Waals surface area contributed by atoms with E-state index in [1.54, 1.807) is 0 Å². The van der Waals surface area contributed by atoms with Crippen LogP contribution in [0.4, 0.5) is 17.6 Å². The molecule has 19 heteroatoms. The Balaban J connectivity index is 1.32. The summed E-state index contributed by atoms with van der Waals surface area (Å²) >= 11 is 0.317. The Kier molecular flexibility index (Phi) is 10.1. The Morgan fingerprint density at radius 1 is 0.627 bits per heavy atom. The normalized spacial score (nSPS) is 32.9. The van der Waals surface area contributed by atoms with Crippen LogP contribution in [0.2, 0.25) is 0 Å². The monoisotopic (exact) mass is 746 g/mol. The maximum atomic E-state index is 14.5. The van der Waals surface area contributed by atoms with Crippen LogP contribution in [0.25, 0.3) is 21.9 Å². The van der Waals surface area contributed by atoms with Crippen molar-refractivity contribution in [1.29, 1.82) is 0 Å². The van der Waals surface area contributed by atoms with Crippen molar-refractivity contribution in [3.05, 3.63) is 91.6 Å². The van der Waals surface area contributed by atoms with Gasteiger partial charge in [0.2, 0.25) is 0 Å². The zero-order valence-corrected chi connectivity index (χ0v) is 26.7. The second-order valence-corrected chi connectivity index (χ2v) is 13.6. The zero-order valence-electron chi connectivity index (χ0n) is 25.9. The second kappa shape index (κ2) is 13.8. The van der Waals surface area contributed by atoms with E-state index in [1.165, 1.54) is 0 Å². The smallest absolute Gasteiger partial charge is 0.339 e. The Labute approximate surface area is 286 Å². The van der Waals surface area contributed by atoms with Crippen molar-refractivity contribution in [1.82, 2.24) is 0 Å². The number of halogens is 4. The lowest BCUT2D eigenvalue weighted by Crippen LogP contribution is -2.70. The molecule has 0 spiro atoms. The maximum absolute atomic E-state index is 14.5. The average molecular weight is 747 g/mol. The Morgan fingerprint density at radius 2 is 1.00 bits per heavy atom. The van der Waals surface area contributed by atoms with Crippen molar-refractivity contribution in [2.24, 2.45) is 0 Å². The molecule has 8 N–H and O–H groups in total. The number of fused-ring (bicyclic) bond motifs is 2. The molecule has 6 rings (SSSR count). The highest BCUT2D eigenvalue weighted by Crippen LogP contribution is 2.44. The van der Waals surface area contributed by atoms with Gasteiger partial charge in [0.25, 0.3) is 0 Å². The number of hydrogen-bond acceptors (Lipinski definition) is 15. The van der Waals surface area contributed by atoms with Crippen LogP contribution in [0.1, 0.15) is 11.1 Å². The summed E-state index contributed by atoms with van der Waals surface area (Å²) in [7, 11) is 0. The predicted octanol–water partition coefficient (Wildman–Crippen LogP) is -0.686. The first kappa shape index (κ1) is 37.3. The van der Waals surface area contributed by atoms with Gasteiger partial charge in [-0.2, -0.15) is 0 Å². The summed E-state index contributed by atoms with van der Waals surface area (Å²) < 4.78 is 78.0. The highest BCUT2D eigenvalue weighted by atomic mass is 32.2. The van der Waals surface area contributed by atoms with Gasteiger partial charge in [0.05, 0.1) is 24.0 Å². The summed E-state index contributed by atoms with van der Waals surface area (Å²) in [5.41, 5.74) is -13.3. The summed E-state index contributed by atoms with van der Waals surface area (Å²) in [6.07, 6.45) is -14.1. The van der Waals surface area contributed by atoms with Gasteiger partial charge in [0.1, 0.15) is 69.9 Å². The van der Waals surface area contributed by atoms with Crippen LogP contribution in [-0.2, 0) is 22.3 Å². The largest absolute Gasteiger partial charge is 0.422 e. The van der Waals surface area contributed by atoms with Gasteiger partial charge < -0.3 is 59.2 Å². The van der Waals surface area contributed by atoms with Gasteiger partial charge in [0, 0.05) is 24.0 Å². The van der Waals surface area contributed by atoms with Crippen LogP contribution in [0, 0.1) is 23.3 Å². The number of thioether (sulfide) groups is 1. The molecule has 51 heavy (non-hydrogen) atoms. The molecule has 2 saturated heterocycles. The summed E-state index contributed by atoms with van der Waals surface area (Å²) in [5.74, 6) is -5.36. The van der Waals surface area contributed by atoms with E-state index in [4.69, 9.17) is 18.3 Å². The van der Waals surface area contributed by atoms with E-state index in [0.29, 0.717) is 23.9 Å². The SMILES string of the molecule is O=c1oc2ccc(F)c(F)c2cc1C[C@]1(O)[C@@H](O)[C@@H](CO)O[C@@H](S[C@@H]2O[C@H](CO)[C@H](O)[C@@](O)(Cc3cc4c(F)c(F)ccc4oc3=O)[C@H]2O)[C@@H]1O. The molecule has 276 valence electrons. The standard InChI is InChI=1S/C32H30F4O14S/c33-15-1-3-17-13(21(15)35)5-11(27(43)47-17)7-31(45)23(39)19(9-37)49-29(25(31)41)51-30-26(42)32(46,24(40)20(10-38)50-30)8-12-6-14-18(48-28(12)44)4-2-16(34)22(14)36/h1-6,19-20,23-26,29-30,37-42,45-46H,7-10H2/t19-,20-,23+,24+,25+,26+,29+,30+,31+,32+/m1/s1. The lowest BCUT2D eigenvalue weighted by molar-refractivity contribution is -0.263. The summed E-state index contributed by atoms with van der Waals surface area (Å²) in [6, 6.07) is 5.08. The molecule has 0 aliphatic carbocycles. The van der Waals surface area contributed by atoms with Crippen LogP contribution in [0.15, 0.2) is 54.8 Å². The molecule has 4 heterocycles. The minimum atomic E-state index is -2.80. The van der Waals surface area contributed by atoms with Gasteiger partial charge in [-0.1, -0.05) is 11.8 Å². The second-order valence-electron chi connectivity index (χ2n) is 12.4. The summed E-state index contributed by atoms with van der Waals surface area (Å²) in [6.45, 7) is -1.99. The maximum Gasteiger partial charge on any atom is 0.339 e. The van der Waals surface area contributed by atoms with E-state index < -0.39 is 141 Å². The number of aliphatic hydroxyl groups excluding tert-OH is 6. The molecule has 2 aliphatic rings. The number of hydrogen-bond donors (Lipinski definition) is 8. The van der Waals surface area contributed by atoms with Crippen molar-refractivity contribution < 1.29 is 76.7 Å². The van der Waals surface area contributed by atoms with Gasteiger partial charge in [-0.3, -0.25) is 0 Å². The first-order valence-corrected chi connectivity index (χ1v) is 16.1. The fourth-order valence-corrected chi connectivity index (χ4v) is 7.80. The van der Waals surface area contributed by atoms with Crippen molar-refractivity contribution in [3.8, 4) is 0 Å². The topological polar surface area (TPSA) is 241 Å². The molecule has 10 atom stereocenters. The number of ether oxygens (including phenoxy) is 2. The molecule has 14 nitrogen and oxygen atoms in total. The van der Waals surface area contributed by atoms with Crippen molar-refractivity contribution in [2.45, 2.75) is 71.5 Å². The molecule has 0 saturated carbocycles. The highest BCUT2D eigenvalue weighted by molar-refractivity contribution is 8.00. The van der Waals surface area contributed by atoms with Crippen LogP contribution in [0.5, 0.6) is 0 Å². The third kappa shape index (κ3) is 6.35. The van der Waals surface area contributed by atoms with Crippen LogP contribution >= 0.6 is 11.8 Å². The Hall–Kier alpha value is -3.47. The van der Waals surface area contributed by atoms with Crippen molar-refractivity contribution >= 4 is 33.7 Å². The lowest BCUT2D eigenvalue weighted by Gasteiger charge is -2.51. The molecule has 2 aromatic heterocycles. The third-order valence-corrected chi connectivity index (χ3v) is 10.5. The van der Waals surface area contributed by atoms with Crippen LogP contribution in [-0.4, -0.2) is 113 Å². The first-order chi connectivity index (χ1) is 24.0. The lowest BCUT2D eigenvalue weighted by atomic mass is 9.80. The summed E-state index contributed by atoms with van der Waals surface area (Å²) in [4.78, 5) is 25.5. The van der Waals surface area contributed by atoms with Gasteiger partial charge >= 0.3 is 11.3 Å². The first-order valence-electron chi connectivity index (χ1n) is 15.2. The highest BCUT2D eigenvalue weighted by Gasteiger charge is 2.59. The number of aliphatic hydroxyl groups is 8. The van der Waals surface area contributed by atoms with E-state index in [0.717, 1.165) is 24.3 Å². The predicted molar refractivity (Wildman–Crippen MR) is 165 cm³/mol. The molecule has 0 amide bonds. The number of rotatable bonds is 8. The van der Waals surface area contributed by atoms with Gasteiger partial charge in [-0.15, -0.1) is 0 Å². The Bertz CT molecular complexity index is 1930. The minimum Gasteiger partial charge on any atom is -0.422 e. The van der Waals surface area contributed by atoms with E-state index in [9.17, 15) is 68.0 Å². The number of benzene rings is 2. The van der Waals surface area contributed by atoms with E-state index in [2.05, 4.69) is 0 Å². The van der Waals surface area contributed by atoms with Gasteiger partial charge in [0.15, 0.2) is 23.3 Å². The molecular formula is C32H30F4O14S. The van der Waals surface area contributed by atoms with Gasteiger partial charge in [-0.25, -0.2) is 27.2 Å². The fraction of sp³-hybridized carbons (Fsp3) is 0.438. The van der Waals surface area contributed by atoms with E-state index >= 15 is 0 Å². The minimum absolute atomic E-state index is 0.317. The fourth-order valence-electron chi connectivity index (χ4n) is 6.35. The molecule has 0 bridgehead atoms. The van der Waals surface area contributed by atoms with Gasteiger partial charge in [-0.05, 0) is 36.4 Å². The summed E-state index contributed by atoms with van der Waals surface area (Å²) in [5, 5.41) is 86.8. The quantitative estimate of drug-likeness (QED) is 0.0823. The van der Waals surface area contributed by atoms with Crippen LogP contribution in [0.3, 0.4) is 0 Å². The molecule has 2 aliphatic heterocycles. The molecule has 2 fully saturated rings. The molecule has 0 radical (unpaired) electrons.